The largest absolute Gasteiger partial charge is 0.484 e. The Morgan fingerprint density at radius 1 is 0.509 bits per heavy atom. The van der Waals surface area contributed by atoms with Gasteiger partial charge < -0.3 is 64.8 Å². The quantitative estimate of drug-likeness (QED) is 0.0516. The molecular weight excluding hydrogens is 726 g/mol. The van der Waals surface area contributed by atoms with Crippen molar-refractivity contribution in [3.05, 3.63) is 23.8 Å². The van der Waals surface area contributed by atoms with Crippen molar-refractivity contribution < 1.29 is 62.0 Å². The number of carbonyl (C=O) groups is 7. The first-order valence-electron chi connectivity index (χ1n) is 17.7. The molecule has 0 spiro atoms. The number of carbonyl (C=O) groups excluding carboxylic acids is 7. The van der Waals surface area contributed by atoms with Gasteiger partial charge in [0.2, 0.25) is 23.6 Å². The monoisotopic (exact) mass is 783 g/mol. The van der Waals surface area contributed by atoms with Crippen LogP contribution in [0.5, 0.6) is 11.5 Å². The zero-order valence-electron chi connectivity index (χ0n) is 32.5. The number of benzene rings is 1. The lowest BCUT2D eigenvalue weighted by Crippen LogP contribution is -2.48. The van der Waals surface area contributed by atoms with E-state index < -0.39 is 80.7 Å². The second-order valence-electron chi connectivity index (χ2n) is 11.8. The lowest BCUT2D eigenvalue weighted by molar-refractivity contribution is -0.141. The Bertz CT molecular complexity index is 1230. The normalized spacial score (nSPS) is 10.5. The molecule has 0 heterocycles. The van der Waals surface area contributed by atoms with E-state index in [0.717, 1.165) is 22.6 Å². The molecule has 20 nitrogen and oxygen atoms in total. The highest BCUT2D eigenvalue weighted by Crippen LogP contribution is 2.24. The molecule has 0 atom stereocenters. The Balaban J connectivity index is 3.23. The zero-order chi connectivity index (χ0) is 40.8. The van der Waals surface area contributed by atoms with E-state index in [9.17, 15) is 33.6 Å². The predicted molar refractivity (Wildman–Crippen MR) is 197 cm³/mol. The van der Waals surface area contributed by atoms with E-state index >= 15 is 0 Å². The van der Waals surface area contributed by atoms with Crippen molar-refractivity contribution in [3.63, 3.8) is 0 Å². The van der Waals surface area contributed by atoms with Crippen LogP contribution >= 0.6 is 0 Å². The molecule has 0 unspecified atom stereocenters. The van der Waals surface area contributed by atoms with E-state index in [1.807, 2.05) is 6.92 Å². The minimum absolute atomic E-state index is 0.000111. The van der Waals surface area contributed by atoms with Gasteiger partial charge in [-0.15, -0.1) is 0 Å². The molecule has 0 bridgehead atoms. The van der Waals surface area contributed by atoms with Crippen LogP contribution in [-0.4, -0.2) is 178 Å². The average molecular weight is 784 g/mol. The van der Waals surface area contributed by atoms with E-state index in [1.54, 1.807) is 0 Å². The van der Waals surface area contributed by atoms with E-state index in [4.69, 9.17) is 28.4 Å². The molecule has 0 radical (unpaired) electrons. The third-order valence-electron chi connectivity index (χ3n) is 7.24. The molecule has 55 heavy (non-hydrogen) atoms. The fraction of sp³-hybridized carbons (Fsp3) is 0.629. The molecule has 0 aromatic heterocycles. The van der Waals surface area contributed by atoms with E-state index in [-0.39, 0.29) is 69.7 Å². The van der Waals surface area contributed by atoms with Crippen molar-refractivity contribution in [3.8, 4) is 11.5 Å². The molecule has 20 heteroatoms. The number of hydrogen-bond donors (Lipinski definition) is 5. The van der Waals surface area contributed by atoms with Gasteiger partial charge in [-0.2, -0.15) is 0 Å². The number of nitrogens with one attached hydrogen (secondary N) is 5. The highest BCUT2D eigenvalue weighted by Gasteiger charge is 2.23. The van der Waals surface area contributed by atoms with Crippen molar-refractivity contribution in [1.82, 2.24) is 36.4 Å². The Labute approximate surface area is 321 Å². The molecule has 0 aliphatic rings. The number of nitrogens with zero attached hydrogens (tertiary/aromatic N) is 2. The standard InChI is InChI=1S/C35H57N7O13/c1-6-7-8-40-35(49)26-17-27(54-24-33(47)41(20-29(43)36-9-13-50-2)21-30(44)37-10-14-51-3)19-28(18-26)55-25-34(48)42(22-31(45)38-11-15-52-4)23-32(46)39-12-16-53-5/h17-19H,6-16,20-25H2,1-5H3,(H,36,43)(H,37,44)(H,38,45)(H,39,46)(H,40,49). The van der Waals surface area contributed by atoms with Gasteiger partial charge in [-0.25, -0.2) is 0 Å². The highest BCUT2D eigenvalue weighted by molar-refractivity contribution is 5.95. The fourth-order valence-corrected chi connectivity index (χ4v) is 4.37. The summed E-state index contributed by atoms with van der Waals surface area (Å²) in [7, 11) is 5.87. The van der Waals surface area contributed by atoms with Crippen LogP contribution in [0, 0.1) is 0 Å². The Morgan fingerprint density at radius 2 is 0.855 bits per heavy atom. The molecule has 0 aliphatic carbocycles. The first kappa shape index (κ1) is 48.0. The molecule has 1 rings (SSSR count). The number of amides is 7. The molecule has 0 aliphatic heterocycles. The summed E-state index contributed by atoms with van der Waals surface area (Å²) in [5, 5.41) is 13.2. The number of ether oxygens (including phenoxy) is 6. The van der Waals surface area contributed by atoms with Gasteiger partial charge in [-0.3, -0.25) is 33.6 Å². The first-order chi connectivity index (χ1) is 26.5. The summed E-state index contributed by atoms with van der Waals surface area (Å²) in [6, 6.07) is 4.06. The van der Waals surface area contributed by atoms with Crippen molar-refractivity contribution >= 4 is 41.4 Å². The molecule has 5 N–H and O–H groups in total. The maximum absolute atomic E-state index is 13.3. The molecular formula is C35H57N7O13. The average Bonchev–Trinajstić information content (AvgIpc) is 3.15. The first-order valence-corrected chi connectivity index (χ1v) is 17.7. The maximum atomic E-state index is 13.3. The van der Waals surface area contributed by atoms with Gasteiger partial charge >= 0.3 is 0 Å². The fourth-order valence-electron chi connectivity index (χ4n) is 4.37. The number of unbranched alkanes of at least 4 members (excludes halogenated alkanes) is 1. The summed E-state index contributed by atoms with van der Waals surface area (Å²) < 4.78 is 31.2. The van der Waals surface area contributed by atoms with E-state index in [2.05, 4.69) is 26.6 Å². The van der Waals surface area contributed by atoms with Crippen LogP contribution in [-0.2, 0) is 47.7 Å². The molecule has 1 aromatic carbocycles. The minimum Gasteiger partial charge on any atom is -0.484 e. The van der Waals surface area contributed by atoms with Gasteiger partial charge in [0, 0.05) is 72.8 Å². The lowest BCUT2D eigenvalue weighted by atomic mass is 10.2. The third kappa shape index (κ3) is 22.1. The molecule has 0 saturated carbocycles. The topological polar surface area (TPSA) is 241 Å². The van der Waals surface area contributed by atoms with Gasteiger partial charge in [-0.1, -0.05) is 13.3 Å². The summed E-state index contributed by atoms with van der Waals surface area (Å²) in [5.74, 6) is -4.05. The summed E-state index contributed by atoms with van der Waals surface area (Å²) in [6.07, 6.45) is 1.55. The van der Waals surface area contributed by atoms with Gasteiger partial charge in [0.1, 0.15) is 37.7 Å². The molecule has 0 saturated heterocycles. The van der Waals surface area contributed by atoms with Crippen LogP contribution in [0.3, 0.4) is 0 Å². The second-order valence-corrected chi connectivity index (χ2v) is 11.8. The number of hydrogen-bond acceptors (Lipinski definition) is 13. The van der Waals surface area contributed by atoms with Crippen LogP contribution in [0.25, 0.3) is 0 Å². The summed E-state index contributed by atoms with van der Waals surface area (Å²) in [5.41, 5.74) is 0.0855. The summed E-state index contributed by atoms with van der Waals surface area (Å²) in [4.78, 5) is 91.8. The zero-order valence-corrected chi connectivity index (χ0v) is 32.5. The van der Waals surface area contributed by atoms with Gasteiger partial charge in [-0.05, 0) is 18.6 Å². The van der Waals surface area contributed by atoms with Crippen LogP contribution in [0.4, 0.5) is 0 Å². The van der Waals surface area contributed by atoms with Crippen molar-refractivity contribution in [2.75, 3.05) is 127 Å². The SMILES string of the molecule is CCCCNC(=O)c1cc(OCC(=O)N(CC(=O)NCCOC)CC(=O)NCCOC)cc(OCC(=O)N(CC(=O)NCCOC)CC(=O)NCCOC)c1. The van der Waals surface area contributed by atoms with E-state index in [1.165, 1.54) is 46.6 Å². The van der Waals surface area contributed by atoms with Gasteiger partial charge in [0.15, 0.2) is 13.2 Å². The molecule has 7 amide bonds. The van der Waals surface area contributed by atoms with E-state index in [0.29, 0.717) is 6.54 Å². The number of rotatable bonds is 30. The van der Waals surface area contributed by atoms with Crippen molar-refractivity contribution in [2.45, 2.75) is 19.8 Å². The molecule has 310 valence electrons. The smallest absolute Gasteiger partial charge is 0.261 e. The highest BCUT2D eigenvalue weighted by atomic mass is 16.5. The Morgan fingerprint density at radius 3 is 1.16 bits per heavy atom. The van der Waals surface area contributed by atoms with Crippen LogP contribution in [0.15, 0.2) is 18.2 Å². The van der Waals surface area contributed by atoms with Gasteiger partial charge in [0.25, 0.3) is 17.7 Å². The molecule has 1 aromatic rings. The van der Waals surface area contributed by atoms with Crippen molar-refractivity contribution in [1.29, 1.82) is 0 Å². The third-order valence-corrected chi connectivity index (χ3v) is 7.24. The lowest BCUT2D eigenvalue weighted by Gasteiger charge is -2.23. The van der Waals surface area contributed by atoms with Crippen molar-refractivity contribution in [2.24, 2.45) is 0 Å². The Kier molecular flexibility index (Phi) is 25.6. The predicted octanol–water partition coefficient (Wildman–Crippen LogP) is -2.32. The summed E-state index contributed by atoms with van der Waals surface area (Å²) >= 11 is 0. The number of methoxy groups -OCH3 is 4. The minimum atomic E-state index is -0.720. The second kappa shape index (κ2) is 29.3. The maximum Gasteiger partial charge on any atom is 0.261 e. The van der Waals surface area contributed by atoms with Crippen LogP contribution in [0.2, 0.25) is 0 Å². The Hall–Kier alpha value is -5.05. The van der Waals surface area contributed by atoms with Gasteiger partial charge in [0.05, 0.1) is 26.4 Å². The molecule has 0 fully saturated rings. The van der Waals surface area contributed by atoms with Crippen LogP contribution < -0.4 is 36.1 Å². The summed E-state index contributed by atoms with van der Waals surface area (Å²) in [6.45, 7) is 0.974. The van der Waals surface area contributed by atoms with Crippen LogP contribution in [0.1, 0.15) is 30.1 Å².